The van der Waals surface area contributed by atoms with Gasteiger partial charge in [0.15, 0.2) is 0 Å². The Morgan fingerprint density at radius 3 is 2.50 bits per heavy atom. The van der Waals surface area contributed by atoms with E-state index >= 15 is 0 Å². The molecule has 178 valence electrons. The number of fused-ring (bicyclic) bond motifs is 1. The Morgan fingerprint density at radius 2 is 1.71 bits per heavy atom. The monoisotopic (exact) mass is 477 g/mol. The molecule has 2 aromatic carbocycles. The SMILES string of the molecule is O=C(CCOc1ccccc1)N1CCC(C(=O)N2CCCCC2c2nc3ccccc3s2)CC1. The molecule has 34 heavy (non-hydrogen) atoms. The van der Waals surface area contributed by atoms with E-state index in [1.54, 1.807) is 11.3 Å². The zero-order valence-corrected chi connectivity index (χ0v) is 20.2. The molecule has 1 unspecified atom stereocenters. The fraction of sp³-hybridized carbons (Fsp3) is 0.444. The number of hydrogen-bond acceptors (Lipinski definition) is 5. The van der Waals surface area contributed by atoms with Crippen LogP contribution >= 0.6 is 11.3 Å². The summed E-state index contributed by atoms with van der Waals surface area (Å²) in [6, 6.07) is 17.8. The summed E-state index contributed by atoms with van der Waals surface area (Å²) in [5, 5.41) is 1.06. The number of nitrogens with zero attached hydrogens (tertiary/aromatic N) is 3. The lowest BCUT2D eigenvalue weighted by molar-refractivity contribution is -0.144. The molecule has 0 N–H and O–H groups in total. The van der Waals surface area contributed by atoms with Gasteiger partial charge in [-0.2, -0.15) is 0 Å². The minimum atomic E-state index is -0.0143. The molecular weight excluding hydrogens is 446 g/mol. The Kier molecular flexibility index (Phi) is 7.09. The minimum absolute atomic E-state index is 0.0143. The van der Waals surface area contributed by atoms with Crippen molar-refractivity contribution in [2.45, 2.75) is 44.6 Å². The van der Waals surface area contributed by atoms with Crippen molar-refractivity contribution >= 4 is 33.4 Å². The third-order valence-corrected chi connectivity index (χ3v) is 8.04. The average Bonchev–Trinajstić information content (AvgIpc) is 3.33. The Balaban J connectivity index is 1.15. The van der Waals surface area contributed by atoms with Crippen molar-refractivity contribution in [3.8, 4) is 5.75 Å². The van der Waals surface area contributed by atoms with E-state index in [9.17, 15) is 9.59 Å². The predicted molar refractivity (Wildman–Crippen MR) is 134 cm³/mol. The third kappa shape index (κ3) is 5.09. The molecule has 1 aromatic heterocycles. The van der Waals surface area contributed by atoms with Crippen LogP contribution in [-0.2, 0) is 9.59 Å². The van der Waals surface area contributed by atoms with Crippen LogP contribution in [0, 0.1) is 5.92 Å². The molecule has 1 atom stereocenters. The summed E-state index contributed by atoms with van der Waals surface area (Å²) in [4.78, 5) is 35.0. The maximum Gasteiger partial charge on any atom is 0.226 e. The molecule has 0 aliphatic carbocycles. The summed E-state index contributed by atoms with van der Waals surface area (Å²) in [6.45, 7) is 2.45. The second kappa shape index (κ2) is 10.6. The van der Waals surface area contributed by atoms with E-state index < -0.39 is 0 Å². The summed E-state index contributed by atoms with van der Waals surface area (Å²) < 4.78 is 6.85. The van der Waals surface area contributed by atoms with E-state index in [0.29, 0.717) is 26.1 Å². The van der Waals surface area contributed by atoms with Crippen LogP contribution in [0.2, 0.25) is 0 Å². The molecule has 2 aliphatic rings. The van der Waals surface area contributed by atoms with Gasteiger partial charge in [0.05, 0.1) is 29.3 Å². The number of ether oxygens (including phenoxy) is 1. The summed E-state index contributed by atoms with van der Waals surface area (Å²) in [7, 11) is 0. The molecule has 3 heterocycles. The molecule has 0 bridgehead atoms. The van der Waals surface area contributed by atoms with Gasteiger partial charge in [0.1, 0.15) is 10.8 Å². The van der Waals surface area contributed by atoms with Gasteiger partial charge in [-0.25, -0.2) is 4.98 Å². The highest BCUT2D eigenvalue weighted by Crippen LogP contribution is 2.37. The number of hydrogen-bond donors (Lipinski definition) is 0. The van der Waals surface area contributed by atoms with Crippen molar-refractivity contribution in [2.24, 2.45) is 5.92 Å². The van der Waals surface area contributed by atoms with Crippen LogP contribution in [0.3, 0.4) is 0 Å². The molecule has 6 nitrogen and oxygen atoms in total. The molecular formula is C27H31N3O3S. The number of para-hydroxylation sites is 2. The Morgan fingerprint density at radius 1 is 0.941 bits per heavy atom. The Hall–Kier alpha value is -2.93. The number of likely N-dealkylation sites (tertiary alicyclic amines) is 2. The van der Waals surface area contributed by atoms with Crippen LogP contribution < -0.4 is 4.74 Å². The van der Waals surface area contributed by atoms with Crippen molar-refractivity contribution in [2.75, 3.05) is 26.2 Å². The second-order valence-corrected chi connectivity index (χ2v) is 10.2. The first-order valence-electron chi connectivity index (χ1n) is 12.3. The molecule has 0 radical (unpaired) electrons. The first-order valence-corrected chi connectivity index (χ1v) is 13.1. The van der Waals surface area contributed by atoms with Gasteiger partial charge in [0.25, 0.3) is 0 Å². The molecule has 2 saturated heterocycles. The minimum Gasteiger partial charge on any atom is -0.493 e. The standard InChI is InChI=1S/C27H31N3O3S/c31-25(15-19-33-21-8-2-1-3-9-21)29-17-13-20(14-18-29)27(32)30-16-7-6-11-23(30)26-28-22-10-4-5-12-24(22)34-26/h1-5,8-10,12,20,23H,6-7,11,13-19H2. The number of carbonyl (C=O) groups is 2. The normalized spacial score (nSPS) is 19.4. The number of rotatable bonds is 6. The zero-order chi connectivity index (χ0) is 23.3. The van der Waals surface area contributed by atoms with Crippen molar-refractivity contribution < 1.29 is 14.3 Å². The molecule has 0 spiro atoms. The van der Waals surface area contributed by atoms with Crippen molar-refractivity contribution in [1.82, 2.24) is 14.8 Å². The van der Waals surface area contributed by atoms with E-state index in [1.807, 2.05) is 53.4 Å². The highest BCUT2D eigenvalue weighted by atomic mass is 32.1. The summed E-state index contributed by atoms with van der Waals surface area (Å²) in [5.74, 6) is 1.11. The van der Waals surface area contributed by atoms with Gasteiger partial charge in [0.2, 0.25) is 11.8 Å². The molecule has 2 aliphatic heterocycles. The first-order chi connectivity index (χ1) is 16.7. The van der Waals surface area contributed by atoms with Gasteiger partial charge >= 0.3 is 0 Å². The smallest absolute Gasteiger partial charge is 0.226 e. The maximum absolute atomic E-state index is 13.5. The van der Waals surface area contributed by atoms with Crippen molar-refractivity contribution in [3.05, 3.63) is 59.6 Å². The largest absolute Gasteiger partial charge is 0.493 e. The fourth-order valence-electron chi connectivity index (χ4n) is 5.03. The number of piperidine rings is 2. The van der Waals surface area contributed by atoms with E-state index in [2.05, 4.69) is 11.0 Å². The molecule has 5 rings (SSSR count). The predicted octanol–water partition coefficient (Wildman–Crippen LogP) is 5.06. The molecule has 3 aromatic rings. The van der Waals surface area contributed by atoms with Gasteiger partial charge in [-0.1, -0.05) is 30.3 Å². The lowest BCUT2D eigenvalue weighted by Crippen LogP contribution is -2.46. The number of benzene rings is 2. The van der Waals surface area contributed by atoms with Gasteiger partial charge in [-0.3, -0.25) is 9.59 Å². The highest BCUT2D eigenvalue weighted by Gasteiger charge is 2.36. The van der Waals surface area contributed by atoms with E-state index in [1.165, 1.54) is 4.70 Å². The number of carbonyl (C=O) groups excluding carboxylic acids is 2. The highest BCUT2D eigenvalue weighted by molar-refractivity contribution is 7.18. The number of amides is 2. The quantitative estimate of drug-likeness (QED) is 0.498. The topological polar surface area (TPSA) is 62.7 Å². The van der Waals surface area contributed by atoms with Crippen molar-refractivity contribution in [3.63, 3.8) is 0 Å². The molecule has 7 heteroatoms. The molecule has 2 amide bonds. The van der Waals surface area contributed by atoms with Crippen LogP contribution in [0.15, 0.2) is 54.6 Å². The van der Waals surface area contributed by atoms with Gasteiger partial charge in [-0.15, -0.1) is 11.3 Å². The lowest BCUT2D eigenvalue weighted by atomic mass is 9.92. The van der Waals surface area contributed by atoms with Gasteiger partial charge in [0, 0.05) is 25.6 Å². The second-order valence-electron chi connectivity index (χ2n) is 9.13. The van der Waals surface area contributed by atoms with Gasteiger partial charge < -0.3 is 14.5 Å². The van der Waals surface area contributed by atoms with Gasteiger partial charge in [-0.05, 0) is 56.4 Å². The Labute approximate surface area is 204 Å². The van der Waals surface area contributed by atoms with Crippen molar-refractivity contribution in [1.29, 1.82) is 0 Å². The Bertz CT molecular complexity index is 1090. The summed E-state index contributed by atoms with van der Waals surface area (Å²) in [5.41, 5.74) is 1.02. The van der Waals surface area contributed by atoms with Crippen LogP contribution in [0.4, 0.5) is 0 Å². The lowest BCUT2D eigenvalue weighted by Gasteiger charge is -2.39. The first kappa shape index (κ1) is 22.8. The van der Waals surface area contributed by atoms with Crippen LogP contribution in [-0.4, -0.2) is 52.8 Å². The fourth-order valence-corrected chi connectivity index (χ4v) is 6.14. The number of thiazole rings is 1. The molecule has 0 saturated carbocycles. The third-order valence-electron chi connectivity index (χ3n) is 6.91. The van der Waals surface area contributed by atoms with E-state index in [4.69, 9.17) is 9.72 Å². The zero-order valence-electron chi connectivity index (χ0n) is 19.4. The maximum atomic E-state index is 13.5. The van der Waals surface area contributed by atoms with E-state index in [-0.39, 0.29) is 23.8 Å². The summed E-state index contributed by atoms with van der Waals surface area (Å²) >= 11 is 1.71. The van der Waals surface area contributed by atoms with E-state index in [0.717, 1.165) is 54.9 Å². The molecule has 2 fully saturated rings. The average molecular weight is 478 g/mol. The number of aromatic nitrogens is 1. The van der Waals surface area contributed by atoms with Crippen LogP contribution in [0.25, 0.3) is 10.2 Å². The van der Waals surface area contributed by atoms with Crippen LogP contribution in [0.1, 0.15) is 49.6 Å². The summed E-state index contributed by atoms with van der Waals surface area (Å²) in [6.07, 6.45) is 4.97. The van der Waals surface area contributed by atoms with Crippen LogP contribution in [0.5, 0.6) is 5.75 Å².